The van der Waals surface area contributed by atoms with Crippen molar-refractivity contribution in [1.29, 1.82) is 0 Å². The number of benzene rings is 4. The van der Waals surface area contributed by atoms with E-state index >= 15 is 0 Å². The topological polar surface area (TPSA) is 0 Å². The van der Waals surface area contributed by atoms with Crippen LogP contribution in [0.1, 0.15) is 44.6 Å². The molecule has 0 aromatic heterocycles. The Bertz CT molecular complexity index is 1150. The van der Waals surface area contributed by atoms with E-state index < -0.39 is 0 Å². The lowest BCUT2D eigenvalue weighted by molar-refractivity contribution is 0.629. The highest BCUT2D eigenvalue weighted by Crippen LogP contribution is 2.31. The summed E-state index contributed by atoms with van der Waals surface area (Å²) < 4.78 is 13.8. The number of unbranched alkanes of at least 4 members (excludes halogenated alkanes) is 4. The average Bonchev–Trinajstić information content (AvgIpc) is 2.75. The molecule has 0 fully saturated rings. The van der Waals surface area contributed by atoms with Gasteiger partial charge in [0.15, 0.2) is 0 Å². The van der Waals surface area contributed by atoms with Crippen LogP contribution in [0.15, 0.2) is 66.7 Å². The first-order valence-corrected chi connectivity index (χ1v) is 10.9. The van der Waals surface area contributed by atoms with Crippen molar-refractivity contribution in [3.05, 3.63) is 83.1 Å². The van der Waals surface area contributed by atoms with Gasteiger partial charge in [-0.1, -0.05) is 92.7 Å². The molecule has 0 aliphatic heterocycles. The summed E-state index contributed by atoms with van der Waals surface area (Å²) in [5.74, 6) is -0.384. The fraction of sp³-hybridized carbons (Fsp3) is 0.259. The molecule has 0 spiro atoms. The van der Waals surface area contributed by atoms with Crippen LogP contribution in [0.25, 0.3) is 32.7 Å². The molecule has 0 bridgehead atoms. The second-order valence-electron chi connectivity index (χ2n) is 7.85. The molecule has 0 aliphatic carbocycles. The first-order chi connectivity index (χ1) is 14.2. The van der Waals surface area contributed by atoms with Gasteiger partial charge in [-0.3, -0.25) is 0 Å². The molecule has 4 rings (SSSR count). The number of hydrogen-bond acceptors (Lipinski definition) is 0. The van der Waals surface area contributed by atoms with Crippen molar-refractivity contribution in [3.63, 3.8) is 0 Å². The quantitative estimate of drug-likeness (QED) is 0.213. The molecule has 0 unspecified atom stereocenters. The van der Waals surface area contributed by atoms with Gasteiger partial charge in [-0.2, -0.15) is 0 Å². The predicted molar refractivity (Wildman–Crippen MR) is 124 cm³/mol. The molecule has 29 heavy (non-hydrogen) atoms. The van der Waals surface area contributed by atoms with Crippen molar-refractivity contribution in [2.75, 3.05) is 0 Å². The molecule has 0 aliphatic rings. The SMILES string of the molecule is CCCCCCCc1ccc2c(ccc3cc(-c4ccc(Cl)c(F)c4)ccc32)c1. The fourth-order valence-corrected chi connectivity index (χ4v) is 4.18. The van der Waals surface area contributed by atoms with Gasteiger partial charge in [-0.15, -0.1) is 0 Å². The Morgan fingerprint density at radius 2 is 1.34 bits per heavy atom. The van der Waals surface area contributed by atoms with Crippen LogP contribution in [0.3, 0.4) is 0 Å². The van der Waals surface area contributed by atoms with Gasteiger partial charge in [0.2, 0.25) is 0 Å². The van der Waals surface area contributed by atoms with E-state index in [9.17, 15) is 4.39 Å². The van der Waals surface area contributed by atoms with E-state index in [1.54, 1.807) is 6.07 Å². The summed E-state index contributed by atoms with van der Waals surface area (Å²) in [5.41, 5.74) is 3.25. The molecule has 0 nitrogen and oxygen atoms in total. The van der Waals surface area contributed by atoms with Crippen molar-refractivity contribution in [1.82, 2.24) is 0 Å². The molecular formula is C27H26ClF. The first kappa shape index (κ1) is 19.9. The van der Waals surface area contributed by atoms with Crippen LogP contribution in [0.2, 0.25) is 5.02 Å². The zero-order valence-corrected chi connectivity index (χ0v) is 17.6. The second kappa shape index (κ2) is 8.97. The maximum Gasteiger partial charge on any atom is 0.142 e. The molecule has 0 radical (unpaired) electrons. The highest BCUT2D eigenvalue weighted by atomic mass is 35.5. The van der Waals surface area contributed by atoms with E-state index in [-0.39, 0.29) is 10.8 Å². The van der Waals surface area contributed by atoms with Crippen LogP contribution in [0.4, 0.5) is 4.39 Å². The molecule has 2 heteroatoms. The number of rotatable bonds is 7. The lowest BCUT2D eigenvalue weighted by atomic mass is 9.95. The lowest BCUT2D eigenvalue weighted by Gasteiger charge is -2.09. The van der Waals surface area contributed by atoms with E-state index in [1.165, 1.54) is 59.9 Å². The van der Waals surface area contributed by atoms with Crippen LogP contribution in [-0.2, 0) is 6.42 Å². The van der Waals surface area contributed by atoms with Gasteiger partial charge in [0, 0.05) is 0 Å². The minimum Gasteiger partial charge on any atom is -0.205 e. The van der Waals surface area contributed by atoms with E-state index in [0.29, 0.717) is 0 Å². The van der Waals surface area contributed by atoms with Crippen LogP contribution < -0.4 is 0 Å². The lowest BCUT2D eigenvalue weighted by Crippen LogP contribution is -1.88. The summed E-state index contributed by atoms with van der Waals surface area (Å²) >= 11 is 5.82. The fourth-order valence-electron chi connectivity index (χ4n) is 4.06. The highest BCUT2D eigenvalue weighted by molar-refractivity contribution is 6.30. The minimum atomic E-state index is -0.384. The summed E-state index contributed by atoms with van der Waals surface area (Å²) in [7, 11) is 0. The number of aryl methyl sites for hydroxylation is 1. The Morgan fingerprint density at radius 1 is 0.690 bits per heavy atom. The van der Waals surface area contributed by atoms with Gasteiger partial charge in [-0.05, 0) is 69.3 Å². The maximum atomic E-state index is 13.8. The number of hydrogen-bond donors (Lipinski definition) is 0. The zero-order valence-electron chi connectivity index (χ0n) is 16.8. The van der Waals surface area contributed by atoms with E-state index in [1.807, 2.05) is 6.07 Å². The molecular weight excluding hydrogens is 379 g/mol. The van der Waals surface area contributed by atoms with Gasteiger partial charge in [0.25, 0.3) is 0 Å². The number of fused-ring (bicyclic) bond motifs is 3. The van der Waals surface area contributed by atoms with E-state index in [2.05, 4.69) is 55.5 Å². The van der Waals surface area contributed by atoms with Gasteiger partial charge >= 0.3 is 0 Å². The summed E-state index contributed by atoms with van der Waals surface area (Å²) in [6.45, 7) is 2.25. The van der Waals surface area contributed by atoms with Crippen LogP contribution in [-0.4, -0.2) is 0 Å². The third-order valence-electron chi connectivity index (χ3n) is 5.72. The Kier molecular flexibility index (Phi) is 6.16. The summed E-state index contributed by atoms with van der Waals surface area (Å²) in [6, 6.07) is 22.5. The normalized spacial score (nSPS) is 11.4. The smallest absolute Gasteiger partial charge is 0.142 e. The monoisotopic (exact) mass is 404 g/mol. The molecule has 148 valence electrons. The summed E-state index contributed by atoms with van der Waals surface area (Å²) in [6.07, 6.45) is 7.71. The summed E-state index contributed by atoms with van der Waals surface area (Å²) in [4.78, 5) is 0. The third-order valence-corrected chi connectivity index (χ3v) is 6.03. The Morgan fingerprint density at radius 3 is 2.10 bits per heavy atom. The van der Waals surface area contributed by atoms with Crippen LogP contribution >= 0.6 is 11.6 Å². The molecule has 0 atom stereocenters. The van der Waals surface area contributed by atoms with Crippen molar-refractivity contribution < 1.29 is 4.39 Å². The largest absolute Gasteiger partial charge is 0.205 e. The molecule has 0 saturated heterocycles. The second-order valence-corrected chi connectivity index (χ2v) is 8.26. The molecule has 0 saturated carbocycles. The van der Waals surface area contributed by atoms with Gasteiger partial charge in [-0.25, -0.2) is 4.39 Å². The van der Waals surface area contributed by atoms with Crippen molar-refractivity contribution in [2.45, 2.75) is 45.4 Å². The van der Waals surface area contributed by atoms with E-state index in [0.717, 1.165) is 22.9 Å². The van der Waals surface area contributed by atoms with Crippen molar-refractivity contribution >= 4 is 33.1 Å². The maximum absolute atomic E-state index is 13.8. The Balaban J connectivity index is 1.61. The van der Waals surface area contributed by atoms with Gasteiger partial charge < -0.3 is 0 Å². The van der Waals surface area contributed by atoms with Crippen LogP contribution in [0, 0.1) is 5.82 Å². The molecule has 0 N–H and O–H groups in total. The Labute approximate surface area is 177 Å². The Hall–Kier alpha value is -2.38. The van der Waals surface area contributed by atoms with Crippen molar-refractivity contribution in [2.24, 2.45) is 0 Å². The van der Waals surface area contributed by atoms with Gasteiger partial charge in [0.1, 0.15) is 5.82 Å². The van der Waals surface area contributed by atoms with E-state index in [4.69, 9.17) is 11.6 Å². The van der Waals surface area contributed by atoms with Crippen LogP contribution in [0.5, 0.6) is 0 Å². The molecule has 4 aromatic rings. The number of halogens is 2. The highest BCUT2D eigenvalue weighted by Gasteiger charge is 2.07. The third kappa shape index (κ3) is 4.46. The summed E-state index contributed by atoms with van der Waals surface area (Å²) in [5, 5.41) is 5.11. The molecule has 0 heterocycles. The minimum absolute atomic E-state index is 0.154. The van der Waals surface area contributed by atoms with Crippen molar-refractivity contribution in [3.8, 4) is 11.1 Å². The predicted octanol–water partition coefficient (Wildman–Crippen LogP) is 8.97. The molecule has 0 amide bonds. The first-order valence-electron chi connectivity index (χ1n) is 10.6. The molecule has 4 aromatic carbocycles. The average molecular weight is 405 g/mol. The zero-order chi connectivity index (χ0) is 20.2. The standard InChI is InChI=1S/C27H26ClF/c1-2-3-4-5-6-7-19-8-13-24-22(16-19)9-10-23-17-20(11-14-25(23)24)21-12-15-26(28)27(29)18-21/h8-18H,2-7H2,1H3. The van der Waals surface area contributed by atoms with Gasteiger partial charge in [0.05, 0.1) is 5.02 Å².